The van der Waals surface area contributed by atoms with E-state index in [2.05, 4.69) is 5.32 Å². The second kappa shape index (κ2) is 6.10. The zero-order chi connectivity index (χ0) is 13.8. The van der Waals surface area contributed by atoms with E-state index in [1.165, 1.54) is 12.1 Å². The molecule has 0 unspecified atom stereocenters. The first-order valence-electron chi connectivity index (χ1n) is 6.34. The largest absolute Gasteiger partial charge is 0.397 e. The number of nitrogens with two attached hydrogens (primary N) is 1. The summed E-state index contributed by atoms with van der Waals surface area (Å²) in [6, 6.07) is 2.61. The average Bonchev–Trinajstić information content (AvgIpc) is 2.89. The fourth-order valence-electron chi connectivity index (χ4n) is 2.14. The third-order valence-corrected chi connectivity index (χ3v) is 3.50. The van der Waals surface area contributed by atoms with Crippen LogP contribution < -0.4 is 11.1 Å². The van der Waals surface area contributed by atoms with E-state index in [4.69, 9.17) is 17.3 Å². The molecule has 1 fully saturated rings. The van der Waals surface area contributed by atoms with Crippen molar-refractivity contribution in [2.45, 2.75) is 19.3 Å². The lowest BCUT2D eigenvalue weighted by atomic mass is 10.2. The number of nitrogen functional groups attached to an aromatic ring is 1. The van der Waals surface area contributed by atoms with E-state index in [0.29, 0.717) is 24.3 Å². The van der Waals surface area contributed by atoms with E-state index in [1.807, 2.05) is 4.90 Å². The predicted molar refractivity (Wildman–Crippen MR) is 74.7 cm³/mol. The van der Waals surface area contributed by atoms with Crippen molar-refractivity contribution >= 4 is 28.9 Å². The first kappa shape index (κ1) is 13.9. The summed E-state index contributed by atoms with van der Waals surface area (Å²) in [5, 5.41) is 2.96. The maximum atomic E-state index is 13.3. The third-order valence-electron chi connectivity index (χ3n) is 3.21. The Labute approximate surface area is 116 Å². The molecule has 0 radical (unpaired) electrons. The van der Waals surface area contributed by atoms with Gasteiger partial charge >= 0.3 is 0 Å². The Morgan fingerprint density at radius 1 is 1.42 bits per heavy atom. The molecule has 0 saturated carbocycles. The molecule has 3 N–H and O–H groups in total. The Hall–Kier alpha value is -1.49. The molecule has 0 spiro atoms. The minimum absolute atomic E-state index is 0.00352. The van der Waals surface area contributed by atoms with Crippen molar-refractivity contribution in [1.82, 2.24) is 4.90 Å². The van der Waals surface area contributed by atoms with Crippen molar-refractivity contribution in [3.8, 4) is 0 Å². The number of likely N-dealkylation sites (tertiary alicyclic amines) is 1. The van der Waals surface area contributed by atoms with Crippen molar-refractivity contribution < 1.29 is 9.18 Å². The van der Waals surface area contributed by atoms with E-state index >= 15 is 0 Å². The van der Waals surface area contributed by atoms with Crippen molar-refractivity contribution in [2.24, 2.45) is 0 Å². The molecule has 104 valence electrons. The van der Waals surface area contributed by atoms with Gasteiger partial charge in [0.15, 0.2) is 0 Å². The highest BCUT2D eigenvalue weighted by Crippen LogP contribution is 2.26. The molecule has 1 amide bonds. The third kappa shape index (κ3) is 3.50. The molecule has 1 heterocycles. The molecule has 0 atom stereocenters. The second-order valence-electron chi connectivity index (χ2n) is 4.62. The molecule has 1 aromatic rings. The number of anilines is 2. The van der Waals surface area contributed by atoms with Crippen LogP contribution in [-0.2, 0) is 4.79 Å². The minimum atomic E-state index is -0.524. The molecule has 1 aliphatic heterocycles. The molecular weight excluding hydrogens is 269 g/mol. The van der Waals surface area contributed by atoms with Crippen LogP contribution in [0.4, 0.5) is 15.8 Å². The number of nitrogens with zero attached hydrogens (tertiary/aromatic N) is 1. The number of carbonyl (C=O) groups is 1. The summed E-state index contributed by atoms with van der Waals surface area (Å²) in [5.41, 5.74) is 6.56. The van der Waals surface area contributed by atoms with Gasteiger partial charge in [-0.2, -0.15) is 0 Å². The molecule has 19 heavy (non-hydrogen) atoms. The lowest BCUT2D eigenvalue weighted by molar-refractivity contribution is -0.129. The normalized spacial score (nSPS) is 14.7. The Balaban J connectivity index is 1.85. The molecule has 0 bridgehead atoms. The van der Waals surface area contributed by atoms with Crippen molar-refractivity contribution in [2.75, 3.05) is 30.7 Å². The van der Waals surface area contributed by atoms with Crippen LogP contribution in [0.1, 0.15) is 19.3 Å². The summed E-state index contributed by atoms with van der Waals surface area (Å²) in [6.07, 6.45) is 2.53. The molecule has 6 heteroatoms. The molecule has 1 aliphatic rings. The minimum Gasteiger partial charge on any atom is -0.397 e. The molecular formula is C13H17ClFN3O. The number of halogens is 2. The lowest BCUT2D eigenvalue weighted by Crippen LogP contribution is -2.29. The van der Waals surface area contributed by atoms with E-state index in [1.54, 1.807) is 0 Å². The van der Waals surface area contributed by atoms with Crippen LogP contribution in [0.2, 0.25) is 5.02 Å². The van der Waals surface area contributed by atoms with E-state index < -0.39 is 5.82 Å². The summed E-state index contributed by atoms with van der Waals surface area (Å²) < 4.78 is 13.3. The van der Waals surface area contributed by atoms with Gasteiger partial charge in [0.25, 0.3) is 0 Å². The summed E-state index contributed by atoms with van der Waals surface area (Å²) in [7, 11) is 0. The van der Waals surface area contributed by atoms with E-state index in [0.717, 1.165) is 25.9 Å². The maximum absolute atomic E-state index is 13.3. The van der Waals surface area contributed by atoms with Gasteiger partial charge in [0.1, 0.15) is 5.82 Å². The number of carbonyl (C=O) groups excluding carboxylic acids is 1. The van der Waals surface area contributed by atoms with Gasteiger partial charge in [0, 0.05) is 32.1 Å². The molecule has 1 saturated heterocycles. The highest BCUT2D eigenvalue weighted by atomic mass is 35.5. The summed E-state index contributed by atoms with van der Waals surface area (Å²) in [5.74, 6) is -0.401. The Morgan fingerprint density at radius 2 is 2.11 bits per heavy atom. The Bertz CT molecular complexity index is 475. The van der Waals surface area contributed by atoms with Gasteiger partial charge in [0.05, 0.1) is 16.4 Å². The van der Waals surface area contributed by atoms with Crippen LogP contribution in [0.3, 0.4) is 0 Å². The van der Waals surface area contributed by atoms with Crippen molar-refractivity contribution in [1.29, 1.82) is 0 Å². The highest BCUT2D eigenvalue weighted by molar-refractivity contribution is 6.31. The number of rotatable bonds is 4. The lowest BCUT2D eigenvalue weighted by Gasteiger charge is -2.16. The van der Waals surface area contributed by atoms with Gasteiger partial charge in [-0.25, -0.2) is 4.39 Å². The second-order valence-corrected chi connectivity index (χ2v) is 5.03. The molecule has 2 rings (SSSR count). The fraction of sp³-hybridized carbons (Fsp3) is 0.462. The summed E-state index contributed by atoms with van der Waals surface area (Å²) >= 11 is 5.61. The van der Waals surface area contributed by atoms with Crippen molar-refractivity contribution in [3.63, 3.8) is 0 Å². The number of hydrogen-bond donors (Lipinski definition) is 2. The van der Waals surface area contributed by atoms with Gasteiger partial charge in [-0.15, -0.1) is 0 Å². The molecule has 4 nitrogen and oxygen atoms in total. The number of hydrogen-bond acceptors (Lipinski definition) is 3. The van der Waals surface area contributed by atoms with Crippen LogP contribution in [0.5, 0.6) is 0 Å². The standard InChI is InChI=1S/C13H17ClFN3O/c14-9-7-11(16)12(8-10(9)15)17-4-3-13(19)18-5-1-2-6-18/h7-8,17H,1-6,16H2. The summed E-state index contributed by atoms with van der Waals surface area (Å²) in [4.78, 5) is 13.7. The van der Waals surface area contributed by atoms with E-state index in [9.17, 15) is 9.18 Å². The molecule has 0 aliphatic carbocycles. The van der Waals surface area contributed by atoms with Crippen LogP contribution in [0.25, 0.3) is 0 Å². The zero-order valence-corrected chi connectivity index (χ0v) is 11.3. The zero-order valence-electron chi connectivity index (χ0n) is 10.6. The first-order valence-corrected chi connectivity index (χ1v) is 6.72. The fourth-order valence-corrected chi connectivity index (χ4v) is 2.32. The Kier molecular flexibility index (Phi) is 4.47. The van der Waals surface area contributed by atoms with Gasteiger partial charge in [-0.3, -0.25) is 4.79 Å². The van der Waals surface area contributed by atoms with Gasteiger partial charge in [0.2, 0.25) is 5.91 Å². The topological polar surface area (TPSA) is 58.4 Å². The highest BCUT2D eigenvalue weighted by Gasteiger charge is 2.17. The van der Waals surface area contributed by atoms with Crippen molar-refractivity contribution in [3.05, 3.63) is 23.0 Å². The SMILES string of the molecule is Nc1cc(Cl)c(F)cc1NCCC(=O)N1CCCC1. The van der Waals surface area contributed by atoms with E-state index in [-0.39, 0.29) is 10.9 Å². The van der Waals surface area contributed by atoms with Crippen LogP contribution in [0, 0.1) is 5.82 Å². The van der Waals surface area contributed by atoms with Crippen LogP contribution in [0.15, 0.2) is 12.1 Å². The number of nitrogens with one attached hydrogen (secondary N) is 1. The number of benzene rings is 1. The van der Waals surface area contributed by atoms with Crippen LogP contribution >= 0.6 is 11.6 Å². The summed E-state index contributed by atoms with van der Waals surface area (Å²) in [6.45, 7) is 2.12. The quantitative estimate of drug-likeness (QED) is 0.836. The van der Waals surface area contributed by atoms with Crippen LogP contribution in [-0.4, -0.2) is 30.4 Å². The first-order chi connectivity index (χ1) is 9.08. The average molecular weight is 286 g/mol. The van der Waals surface area contributed by atoms with Gasteiger partial charge in [-0.1, -0.05) is 11.6 Å². The van der Waals surface area contributed by atoms with Gasteiger partial charge in [-0.05, 0) is 18.9 Å². The number of amides is 1. The Morgan fingerprint density at radius 3 is 2.79 bits per heavy atom. The smallest absolute Gasteiger partial charge is 0.224 e. The van der Waals surface area contributed by atoms with Gasteiger partial charge < -0.3 is 16.0 Å². The monoisotopic (exact) mass is 285 g/mol. The molecule has 1 aromatic carbocycles. The molecule has 0 aromatic heterocycles. The maximum Gasteiger partial charge on any atom is 0.224 e. The predicted octanol–water partition coefficient (Wildman–Crippen LogP) is 2.49.